The van der Waals surface area contributed by atoms with Crippen LogP contribution in [0.2, 0.25) is 0 Å². The first-order chi connectivity index (χ1) is 9.55. The molecule has 2 amide bonds. The fourth-order valence-corrected chi connectivity index (χ4v) is 3.80. The standard InChI is InChI=1S/C15H19N3O2/c16-13(20)14-5-3-6-15(10-14,8-7-14)18-12(19)11-4-1-2-9-17-11/h1-2,4,9H,3,5-8,10H2,(H2,16,20)(H,18,19)/t14-,15+/m1/s1. The lowest BCUT2D eigenvalue weighted by Gasteiger charge is -2.38. The molecule has 2 fully saturated rings. The van der Waals surface area contributed by atoms with Crippen LogP contribution in [0.1, 0.15) is 49.0 Å². The number of primary amides is 1. The molecule has 1 aromatic heterocycles. The maximum atomic E-state index is 12.3. The van der Waals surface area contributed by atoms with Gasteiger partial charge >= 0.3 is 0 Å². The smallest absolute Gasteiger partial charge is 0.270 e. The molecule has 0 unspecified atom stereocenters. The van der Waals surface area contributed by atoms with E-state index in [9.17, 15) is 9.59 Å². The molecule has 5 heteroatoms. The second kappa shape index (κ2) is 4.58. The summed E-state index contributed by atoms with van der Waals surface area (Å²) >= 11 is 0. The molecule has 106 valence electrons. The summed E-state index contributed by atoms with van der Waals surface area (Å²) in [6.07, 6.45) is 6.60. The molecule has 2 saturated carbocycles. The van der Waals surface area contributed by atoms with Gasteiger partial charge in [0.15, 0.2) is 0 Å². The average Bonchev–Trinajstić information content (AvgIpc) is 2.72. The van der Waals surface area contributed by atoms with Gasteiger partial charge in [0.1, 0.15) is 5.69 Å². The molecule has 0 aromatic carbocycles. The van der Waals surface area contributed by atoms with Crippen molar-refractivity contribution >= 4 is 11.8 Å². The van der Waals surface area contributed by atoms with Crippen LogP contribution >= 0.6 is 0 Å². The number of amides is 2. The van der Waals surface area contributed by atoms with Crippen molar-refractivity contribution in [2.24, 2.45) is 11.1 Å². The van der Waals surface area contributed by atoms with Crippen LogP contribution in [0.15, 0.2) is 24.4 Å². The van der Waals surface area contributed by atoms with Crippen LogP contribution in [-0.2, 0) is 4.79 Å². The van der Waals surface area contributed by atoms with E-state index in [-0.39, 0.29) is 17.4 Å². The zero-order chi connectivity index (χ0) is 14.2. The number of fused-ring (bicyclic) bond motifs is 2. The van der Waals surface area contributed by atoms with Crippen molar-refractivity contribution in [3.63, 3.8) is 0 Å². The number of carbonyl (C=O) groups is 2. The van der Waals surface area contributed by atoms with Crippen LogP contribution < -0.4 is 11.1 Å². The summed E-state index contributed by atoms with van der Waals surface area (Å²) in [4.78, 5) is 28.1. The second-order valence-electron chi connectivity index (χ2n) is 6.12. The number of hydrogen-bond donors (Lipinski definition) is 2. The van der Waals surface area contributed by atoms with E-state index in [1.807, 2.05) is 0 Å². The minimum absolute atomic E-state index is 0.159. The van der Waals surface area contributed by atoms with Crippen LogP contribution in [0.4, 0.5) is 0 Å². The van der Waals surface area contributed by atoms with Crippen molar-refractivity contribution in [1.82, 2.24) is 10.3 Å². The van der Waals surface area contributed by atoms with Crippen molar-refractivity contribution in [1.29, 1.82) is 0 Å². The Labute approximate surface area is 118 Å². The lowest BCUT2D eigenvalue weighted by Crippen LogP contribution is -2.51. The Bertz CT molecular complexity index is 545. The molecule has 5 nitrogen and oxygen atoms in total. The summed E-state index contributed by atoms with van der Waals surface area (Å²) in [6.45, 7) is 0. The lowest BCUT2D eigenvalue weighted by atomic mass is 9.72. The molecular formula is C15H19N3O2. The van der Waals surface area contributed by atoms with Gasteiger partial charge in [-0.15, -0.1) is 0 Å². The van der Waals surface area contributed by atoms with Gasteiger partial charge in [0.2, 0.25) is 5.91 Å². The Morgan fingerprint density at radius 2 is 2.05 bits per heavy atom. The van der Waals surface area contributed by atoms with Gasteiger partial charge in [-0.25, -0.2) is 0 Å². The fourth-order valence-electron chi connectivity index (χ4n) is 3.80. The molecular weight excluding hydrogens is 254 g/mol. The van der Waals surface area contributed by atoms with Gasteiger partial charge in [0, 0.05) is 11.7 Å². The van der Waals surface area contributed by atoms with E-state index in [1.165, 1.54) is 0 Å². The van der Waals surface area contributed by atoms with E-state index >= 15 is 0 Å². The summed E-state index contributed by atoms with van der Waals surface area (Å²) in [5, 5.41) is 3.11. The van der Waals surface area contributed by atoms with Gasteiger partial charge in [-0.05, 0) is 44.2 Å². The number of pyridine rings is 1. The van der Waals surface area contributed by atoms with Crippen molar-refractivity contribution in [3.05, 3.63) is 30.1 Å². The molecule has 0 aliphatic heterocycles. The molecule has 2 bridgehead atoms. The third-order valence-corrected chi connectivity index (χ3v) is 4.87. The summed E-state index contributed by atoms with van der Waals surface area (Å²) in [6, 6.07) is 5.28. The molecule has 0 spiro atoms. The molecule has 0 saturated heterocycles. The van der Waals surface area contributed by atoms with Crippen LogP contribution in [0.25, 0.3) is 0 Å². The van der Waals surface area contributed by atoms with Crippen LogP contribution in [-0.4, -0.2) is 22.3 Å². The topological polar surface area (TPSA) is 85.1 Å². The summed E-state index contributed by atoms with van der Waals surface area (Å²) in [5.41, 5.74) is 5.31. The van der Waals surface area contributed by atoms with Crippen molar-refractivity contribution in [3.8, 4) is 0 Å². The van der Waals surface area contributed by atoms with Crippen molar-refractivity contribution in [2.45, 2.75) is 44.1 Å². The number of hydrogen-bond acceptors (Lipinski definition) is 3. The van der Waals surface area contributed by atoms with Crippen molar-refractivity contribution < 1.29 is 9.59 Å². The minimum Gasteiger partial charge on any atom is -0.369 e. The highest BCUT2D eigenvalue weighted by atomic mass is 16.2. The lowest BCUT2D eigenvalue weighted by molar-refractivity contribution is -0.128. The molecule has 3 rings (SSSR count). The Morgan fingerprint density at radius 1 is 1.20 bits per heavy atom. The Morgan fingerprint density at radius 3 is 2.75 bits per heavy atom. The summed E-state index contributed by atoms with van der Waals surface area (Å²) in [7, 11) is 0. The van der Waals surface area contributed by atoms with Crippen LogP contribution in [0.5, 0.6) is 0 Å². The first-order valence-corrected chi connectivity index (χ1v) is 7.09. The Kier molecular flexibility index (Phi) is 3.00. The zero-order valence-electron chi connectivity index (χ0n) is 11.4. The van der Waals surface area contributed by atoms with Crippen molar-refractivity contribution in [2.75, 3.05) is 0 Å². The van der Waals surface area contributed by atoms with Gasteiger partial charge in [-0.3, -0.25) is 14.6 Å². The number of aromatic nitrogens is 1. The maximum Gasteiger partial charge on any atom is 0.270 e. The summed E-state index contributed by atoms with van der Waals surface area (Å²) in [5.74, 6) is -0.376. The number of nitrogens with zero attached hydrogens (tertiary/aromatic N) is 1. The highest BCUT2D eigenvalue weighted by Crippen LogP contribution is 2.53. The van der Waals surface area contributed by atoms with E-state index < -0.39 is 5.41 Å². The third-order valence-electron chi connectivity index (χ3n) is 4.87. The van der Waals surface area contributed by atoms with Gasteiger partial charge < -0.3 is 11.1 Å². The van der Waals surface area contributed by atoms with E-state index in [2.05, 4.69) is 10.3 Å². The minimum atomic E-state index is -0.407. The molecule has 3 N–H and O–H groups in total. The molecule has 1 heterocycles. The SMILES string of the molecule is NC(=O)[C@]12CCC[C@](NC(=O)c3ccccn3)(CC1)C2. The monoisotopic (exact) mass is 273 g/mol. The normalized spacial score (nSPS) is 31.8. The highest BCUT2D eigenvalue weighted by molar-refractivity contribution is 5.93. The third kappa shape index (κ3) is 2.07. The molecule has 20 heavy (non-hydrogen) atoms. The average molecular weight is 273 g/mol. The van der Waals surface area contributed by atoms with Crippen LogP contribution in [0, 0.1) is 5.41 Å². The largest absolute Gasteiger partial charge is 0.369 e. The maximum absolute atomic E-state index is 12.3. The van der Waals surface area contributed by atoms with E-state index in [0.717, 1.165) is 32.1 Å². The fraction of sp³-hybridized carbons (Fsp3) is 0.533. The quantitative estimate of drug-likeness (QED) is 0.872. The number of nitrogens with two attached hydrogens (primary N) is 1. The van der Waals surface area contributed by atoms with E-state index in [1.54, 1.807) is 24.4 Å². The first kappa shape index (κ1) is 13.1. The molecule has 0 radical (unpaired) electrons. The molecule has 2 aliphatic rings. The van der Waals surface area contributed by atoms with Crippen LogP contribution in [0.3, 0.4) is 0 Å². The van der Waals surface area contributed by atoms with Gasteiger partial charge in [-0.1, -0.05) is 12.5 Å². The number of nitrogens with one attached hydrogen (secondary N) is 1. The van der Waals surface area contributed by atoms with Gasteiger partial charge in [0.05, 0.1) is 5.41 Å². The zero-order valence-corrected chi connectivity index (χ0v) is 11.4. The number of rotatable bonds is 3. The molecule has 1 aromatic rings. The van der Waals surface area contributed by atoms with Gasteiger partial charge in [0.25, 0.3) is 5.91 Å². The predicted molar refractivity (Wildman–Crippen MR) is 73.8 cm³/mol. The van der Waals surface area contributed by atoms with Gasteiger partial charge in [-0.2, -0.15) is 0 Å². The molecule has 2 atom stereocenters. The number of carbonyl (C=O) groups excluding carboxylic acids is 2. The molecule has 2 aliphatic carbocycles. The predicted octanol–water partition coefficient (Wildman–Crippen LogP) is 1.39. The second-order valence-corrected chi connectivity index (χ2v) is 6.12. The summed E-state index contributed by atoms with van der Waals surface area (Å²) < 4.78 is 0. The Balaban J connectivity index is 1.78. The van der Waals surface area contributed by atoms with E-state index in [0.29, 0.717) is 12.1 Å². The first-order valence-electron chi connectivity index (χ1n) is 7.09. The van der Waals surface area contributed by atoms with E-state index in [4.69, 9.17) is 5.73 Å². The highest BCUT2D eigenvalue weighted by Gasteiger charge is 2.54. The Hall–Kier alpha value is -1.91.